The SMILES string of the molecule is CCCN1CC=C2C(C#N)=C(N)C(C#N)(C#N)[C@]3(C(=O)Nc4ccccc43)[C@H]2C1. The fourth-order valence-corrected chi connectivity index (χ4v) is 5.21. The van der Waals surface area contributed by atoms with E-state index in [1.165, 1.54) is 0 Å². The summed E-state index contributed by atoms with van der Waals surface area (Å²) in [6.07, 6.45) is 2.85. The van der Waals surface area contributed by atoms with Crippen LogP contribution >= 0.6 is 0 Å². The monoisotopic (exact) mass is 384 g/mol. The largest absolute Gasteiger partial charge is 0.399 e. The molecular formula is C22H20N6O. The average molecular weight is 384 g/mol. The minimum atomic E-state index is -1.98. The average Bonchev–Trinajstić information content (AvgIpc) is 3.03. The van der Waals surface area contributed by atoms with E-state index in [-0.39, 0.29) is 11.3 Å². The molecule has 4 rings (SSSR count). The second-order valence-corrected chi connectivity index (χ2v) is 7.65. The van der Waals surface area contributed by atoms with E-state index in [0.29, 0.717) is 29.9 Å². The number of carbonyl (C=O) groups is 1. The minimum Gasteiger partial charge on any atom is -0.399 e. The van der Waals surface area contributed by atoms with E-state index in [1.807, 2.05) is 6.08 Å². The highest BCUT2D eigenvalue weighted by Gasteiger charge is 2.71. The van der Waals surface area contributed by atoms with Crippen LogP contribution in [0.25, 0.3) is 0 Å². The van der Waals surface area contributed by atoms with Crippen LogP contribution in [0.2, 0.25) is 0 Å². The molecule has 1 spiro atoms. The Bertz CT molecular complexity index is 1080. The van der Waals surface area contributed by atoms with Gasteiger partial charge in [0.05, 0.1) is 23.4 Å². The molecule has 0 fully saturated rings. The fourth-order valence-electron chi connectivity index (χ4n) is 5.21. The van der Waals surface area contributed by atoms with E-state index >= 15 is 0 Å². The molecular weight excluding hydrogens is 364 g/mol. The number of rotatable bonds is 2. The van der Waals surface area contributed by atoms with Gasteiger partial charge >= 0.3 is 0 Å². The number of para-hydroxylation sites is 1. The van der Waals surface area contributed by atoms with Crippen molar-refractivity contribution >= 4 is 11.6 Å². The number of nitrogens with one attached hydrogen (secondary N) is 1. The normalized spacial score (nSPS) is 27.2. The zero-order valence-electron chi connectivity index (χ0n) is 16.1. The van der Waals surface area contributed by atoms with Crippen molar-refractivity contribution in [1.29, 1.82) is 15.8 Å². The van der Waals surface area contributed by atoms with Crippen LogP contribution in [0.5, 0.6) is 0 Å². The summed E-state index contributed by atoms with van der Waals surface area (Å²) in [4.78, 5) is 15.8. The molecule has 144 valence electrons. The van der Waals surface area contributed by atoms with Gasteiger partial charge in [-0.25, -0.2) is 0 Å². The number of amides is 1. The van der Waals surface area contributed by atoms with Crippen LogP contribution in [-0.2, 0) is 10.2 Å². The number of nitrogens with two attached hydrogens (primary N) is 1. The smallest absolute Gasteiger partial charge is 0.238 e. The van der Waals surface area contributed by atoms with Crippen molar-refractivity contribution in [2.45, 2.75) is 18.8 Å². The van der Waals surface area contributed by atoms with E-state index in [4.69, 9.17) is 5.73 Å². The molecule has 0 saturated heterocycles. The van der Waals surface area contributed by atoms with Gasteiger partial charge in [0.15, 0.2) is 0 Å². The van der Waals surface area contributed by atoms with Crippen molar-refractivity contribution < 1.29 is 4.79 Å². The van der Waals surface area contributed by atoms with Gasteiger partial charge in [-0.05, 0) is 30.2 Å². The van der Waals surface area contributed by atoms with Crippen LogP contribution in [0, 0.1) is 45.3 Å². The molecule has 1 aliphatic carbocycles. The fraction of sp³-hybridized carbons (Fsp3) is 0.364. The van der Waals surface area contributed by atoms with Gasteiger partial charge in [0.2, 0.25) is 11.3 Å². The molecule has 2 aliphatic heterocycles. The Kier molecular flexibility index (Phi) is 4.19. The predicted molar refractivity (Wildman–Crippen MR) is 106 cm³/mol. The van der Waals surface area contributed by atoms with Crippen molar-refractivity contribution in [3.8, 4) is 18.2 Å². The number of allylic oxidation sites excluding steroid dienone is 2. The molecule has 0 saturated carbocycles. The number of carbonyl (C=O) groups excluding carboxylic acids is 1. The summed E-state index contributed by atoms with van der Waals surface area (Å²) < 4.78 is 0. The molecule has 7 heteroatoms. The van der Waals surface area contributed by atoms with E-state index in [2.05, 4.69) is 35.3 Å². The lowest BCUT2D eigenvalue weighted by Crippen LogP contribution is -2.62. The maximum Gasteiger partial charge on any atom is 0.238 e. The van der Waals surface area contributed by atoms with Crippen molar-refractivity contribution in [2.24, 2.45) is 17.1 Å². The molecule has 3 N–H and O–H groups in total. The summed E-state index contributed by atoms with van der Waals surface area (Å²) in [5.74, 6) is -0.955. The van der Waals surface area contributed by atoms with Gasteiger partial charge in [0.1, 0.15) is 11.5 Å². The van der Waals surface area contributed by atoms with Crippen LogP contribution in [0.4, 0.5) is 5.69 Å². The van der Waals surface area contributed by atoms with Gasteiger partial charge in [0, 0.05) is 24.7 Å². The third-order valence-corrected chi connectivity index (χ3v) is 6.41. The number of fused-ring (bicyclic) bond motifs is 4. The second kappa shape index (κ2) is 6.48. The summed E-state index contributed by atoms with van der Waals surface area (Å²) in [6, 6.07) is 13.3. The molecule has 0 radical (unpaired) electrons. The van der Waals surface area contributed by atoms with E-state index in [9.17, 15) is 20.6 Å². The molecule has 0 bridgehead atoms. The molecule has 2 atom stereocenters. The van der Waals surface area contributed by atoms with Gasteiger partial charge < -0.3 is 11.1 Å². The summed E-state index contributed by atoms with van der Waals surface area (Å²) in [6.45, 7) is 3.97. The molecule has 1 aromatic carbocycles. The first-order valence-corrected chi connectivity index (χ1v) is 9.58. The molecule has 29 heavy (non-hydrogen) atoms. The van der Waals surface area contributed by atoms with E-state index in [1.54, 1.807) is 24.3 Å². The lowest BCUT2D eigenvalue weighted by molar-refractivity contribution is -0.125. The second-order valence-electron chi connectivity index (χ2n) is 7.65. The number of nitriles is 3. The lowest BCUT2D eigenvalue weighted by atomic mass is 9.48. The van der Waals surface area contributed by atoms with E-state index < -0.39 is 22.7 Å². The van der Waals surface area contributed by atoms with Crippen LogP contribution in [0.3, 0.4) is 0 Å². The van der Waals surface area contributed by atoms with Crippen LogP contribution < -0.4 is 11.1 Å². The van der Waals surface area contributed by atoms with Gasteiger partial charge in [-0.2, -0.15) is 15.8 Å². The number of hydrogen-bond donors (Lipinski definition) is 2. The topological polar surface area (TPSA) is 130 Å². The minimum absolute atomic E-state index is 0.136. The number of hydrogen-bond acceptors (Lipinski definition) is 6. The first kappa shape index (κ1) is 18.7. The van der Waals surface area contributed by atoms with Crippen molar-refractivity contribution in [3.63, 3.8) is 0 Å². The molecule has 1 amide bonds. The van der Waals surface area contributed by atoms with Gasteiger partial charge in [0.25, 0.3) is 0 Å². The zero-order valence-corrected chi connectivity index (χ0v) is 16.1. The third kappa shape index (κ3) is 2.10. The highest BCUT2D eigenvalue weighted by atomic mass is 16.2. The Morgan fingerprint density at radius 2 is 2.00 bits per heavy atom. The molecule has 1 aromatic rings. The third-order valence-electron chi connectivity index (χ3n) is 6.41. The van der Waals surface area contributed by atoms with Crippen molar-refractivity contribution in [3.05, 3.63) is 52.7 Å². The molecule has 2 heterocycles. The summed E-state index contributed by atoms with van der Waals surface area (Å²) in [5, 5.41) is 33.2. The number of nitrogens with zero attached hydrogens (tertiary/aromatic N) is 4. The van der Waals surface area contributed by atoms with Gasteiger partial charge in [-0.1, -0.05) is 31.2 Å². The summed E-state index contributed by atoms with van der Waals surface area (Å²) in [5.41, 5.74) is 4.68. The molecule has 0 aromatic heterocycles. The maximum atomic E-state index is 13.6. The number of anilines is 1. The van der Waals surface area contributed by atoms with Crippen molar-refractivity contribution in [1.82, 2.24) is 4.90 Å². The Labute approximate surface area is 169 Å². The summed E-state index contributed by atoms with van der Waals surface area (Å²) >= 11 is 0. The highest BCUT2D eigenvalue weighted by molar-refractivity contribution is 6.09. The van der Waals surface area contributed by atoms with Crippen LogP contribution in [0.15, 0.2) is 47.2 Å². The summed E-state index contributed by atoms with van der Waals surface area (Å²) in [7, 11) is 0. The Morgan fingerprint density at radius 3 is 2.66 bits per heavy atom. The zero-order chi connectivity index (χ0) is 20.8. The Hall–Kier alpha value is -3.60. The molecule has 7 nitrogen and oxygen atoms in total. The first-order valence-electron chi connectivity index (χ1n) is 9.58. The Balaban J connectivity index is 2.12. The van der Waals surface area contributed by atoms with Gasteiger partial charge in [-0.15, -0.1) is 0 Å². The van der Waals surface area contributed by atoms with Crippen molar-refractivity contribution in [2.75, 3.05) is 25.0 Å². The lowest BCUT2D eigenvalue weighted by Gasteiger charge is -2.51. The predicted octanol–water partition coefficient (Wildman–Crippen LogP) is 1.93. The first-order chi connectivity index (χ1) is 14.0. The quantitative estimate of drug-likeness (QED) is 0.801. The van der Waals surface area contributed by atoms with Crippen LogP contribution in [0.1, 0.15) is 18.9 Å². The van der Waals surface area contributed by atoms with E-state index in [0.717, 1.165) is 13.0 Å². The highest BCUT2D eigenvalue weighted by Crippen LogP contribution is 2.62. The Morgan fingerprint density at radius 1 is 1.28 bits per heavy atom. The molecule has 3 aliphatic rings. The maximum absolute atomic E-state index is 13.6. The van der Waals surface area contributed by atoms with Gasteiger partial charge in [-0.3, -0.25) is 9.69 Å². The standard InChI is InChI=1S/C22H20N6O/c1-2-8-28-9-7-14-15(10-23)19(26)21(12-24,13-25)22(17(14)11-28)16-5-3-4-6-18(16)27-20(22)29/h3-7,17H,2,8-9,11,26H2,1H3,(H,27,29)/t17-,22-/m0/s1. The number of benzene rings is 1. The molecule has 0 unspecified atom stereocenters. The van der Waals surface area contributed by atoms with Crippen LogP contribution in [-0.4, -0.2) is 30.4 Å².